The fourth-order valence-corrected chi connectivity index (χ4v) is 6.42. The minimum absolute atomic E-state index is 0.0388. The highest BCUT2D eigenvalue weighted by Crippen LogP contribution is 2.47. The molecule has 41 heavy (non-hydrogen) atoms. The molecule has 2 fully saturated rings. The molecule has 1 aliphatic heterocycles. The van der Waals surface area contributed by atoms with Crippen LogP contribution in [0.5, 0.6) is 0 Å². The number of thiophene rings is 1. The molecule has 0 spiro atoms. The first-order valence-electron chi connectivity index (χ1n) is 14.6. The molecule has 6 rings (SSSR count). The predicted molar refractivity (Wildman–Crippen MR) is 167 cm³/mol. The summed E-state index contributed by atoms with van der Waals surface area (Å²) in [4.78, 5) is 34.8. The minimum atomic E-state index is -0.624. The number of anilines is 2. The van der Waals surface area contributed by atoms with Crippen molar-refractivity contribution in [3.63, 3.8) is 0 Å². The molecular formula is C34H37N3O3S. The summed E-state index contributed by atoms with van der Waals surface area (Å²) >= 11 is 1.64. The lowest BCUT2D eigenvalue weighted by Crippen LogP contribution is -2.30. The number of Topliss-reactive ketones (excluding diaryl/α,β-unsaturated/α-hetero) is 1. The number of rotatable bonds is 7. The summed E-state index contributed by atoms with van der Waals surface area (Å²) in [6, 6.07) is 16.2. The van der Waals surface area contributed by atoms with Crippen molar-refractivity contribution in [3.05, 3.63) is 76.8 Å². The minimum Gasteiger partial charge on any atom is -0.444 e. The zero-order valence-corrected chi connectivity index (χ0v) is 24.9. The first-order chi connectivity index (χ1) is 19.7. The van der Waals surface area contributed by atoms with Crippen LogP contribution in [-0.2, 0) is 11.2 Å². The highest BCUT2D eigenvalue weighted by Gasteiger charge is 2.31. The third-order valence-corrected chi connectivity index (χ3v) is 8.69. The zero-order valence-electron chi connectivity index (χ0n) is 24.0. The third-order valence-electron chi connectivity index (χ3n) is 7.77. The second-order valence-electron chi connectivity index (χ2n) is 12.2. The van der Waals surface area contributed by atoms with Crippen LogP contribution in [-0.4, -0.2) is 35.6 Å². The topological polar surface area (TPSA) is 71.5 Å². The largest absolute Gasteiger partial charge is 0.444 e. The van der Waals surface area contributed by atoms with Crippen LogP contribution in [0.1, 0.15) is 80.3 Å². The number of pyridine rings is 1. The highest BCUT2D eigenvalue weighted by atomic mass is 32.1. The fourth-order valence-electron chi connectivity index (χ4n) is 5.70. The number of nitrogens with one attached hydrogen (secondary N) is 1. The Morgan fingerprint density at radius 1 is 1.05 bits per heavy atom. The van der Waals surface area contributed by atoms with Gasteiger partial charge in [-0.2, -0.15) is 0 Å². The van der Waals surface area contributed by atoms with E-state index < -0.39 is 11.7 Å². The molecule has 0 bridgehead atoms. The number of benzene rings is 2. The van der Waals surface area contributed by atoms with Crippen LogP contribution in [0.25, 0.3) is 21.3 Å². The number of ether oxygens (including phenoxy) is 1. The molecule has 1 saturated heterocycles. The van der Waals surface area contributed by atoms with E-state index in [0.29, 0.717) is 17.2 Å². The maximum Gasteiger partial charge on any atom is 0.412 e. The zero-order chi connectivity index (χ0) is 28.6. The van der Waals surface area contributed by atoms with Crippen LogP contribution in [0.3, 0.4) is 0 Å². The van der Waals surface area contributed by atoms with Crippen LogP contribution in [0.2, 0.25) is 0 Å². The van der Waals surface area contributed by atoms with Crippen LogP contribution < -0.4 is 10.2 Å². The van der Waals surface area contributed by atoms with E-state index in [4.69, 9.17) is 9.72 Å². The van der Waals surface area contributed by atoms with Gasteiger partial charge in [0.25, 0.3) is 0 Å². The number of amides is 1. The Morgan fingerprint density at radius 3 is 2.56 bits per heavy atom. The van der Waals surface area contributed by atoms with Gasteiger partial charge in [-0.1, -0.05) is 18.2 Å². The van der Waals surface area contributed by atoms with Gasteiger partial charge in [-0.05, 0) is 106 Å². The van der Waals surface area contributed by atoms with Crippen molar-refractivity contribution in [2.24, 2.45) is 0 Å². The molecule has 1 N–H and O–H groups in total. The van der Waals surface area contributed by atoms with Crippen LogP contribution in [0, 0.1) is 0 Å². The van der Waals surface area contributed by atoms with Crippen molar-refractivity contribution in [1.82, 2.24) is 4.98 Å². The Hall–Kier alpha value is -3.71. The first-order valence-corrected chi connectivity index (χ1v) is 15.5. The van der Waals surface area contributed by atoms with E-state index in [-0.39, 0.29) is 12.2 Å². The van der Waals surface area contributed by atoms with Gasteiger partial charge in [0.05, 0.1) is 5.52 Å². The summed E-state index contributed by atoms with van der Waals surface area (Å²) in [6.07, 6.45) is 7.52. The van der Waals surface area contributed by atoms with Crippen molar-refractivity contribution in [2.45, 2.75) is 70.8 Å². The van der Waals surface area contributed by atoms with Gasteiger partial charge in [-0.3, -0.25) is 15.1 Å². The number of aromatic nitrogens is 1. The third kappa shape index (κ3) is 6.30. The molecule has 7 heteroatoms. The van der Waals surface area contributed by atoms with Crippen molar-refractivity contribution in [3.8, 4) is 10.4 Å². The number of fused-ring (bicyclic) bond motifs is 1. The molecule has 0 atom stereocenters. The molecule has 2 aromatic carbocycles. The van der Waals surface area contributed by atoms with E-state index in [9.17, 15) is 9.59 Å². The predicted octanol–water partition coefficient (Wildman–Crippen LogP) is 8.60. The number of carbonyl (C=O) groups is 2. The van der Waals surface area contributed by atoms with Gasteiger partial charge in [-0.15, -0.1) is 11.3 Å². The Balaban J connectivity index is 1.30. The van der Waals surface area contributed by atoms with Crippen LogP contribution >= 0.6 is 11.3 Å². The van der Waals surface area contributed by atoms with E-state index >= 15 is 0 Å². The molecule has 212 valence electrons. The smallest absolute Gasteiger partial charge is 0.412 e. The van der Waals surface area contributed by atoms with Crippen LogP contribution in [0.4, 0.5) is 16.2 Å². The Kier molecular flexibility index (Phi) is 7.56. The SMILES string of the molecule is CC(C)(C)OC(=O)Nc1ccc(-c2cccs2)cc1CC(=O)c1cnc2c(C3CC3)c(N3CCCCC3)ccc2c1. The van der Waals surface area contributed by atoms with Crippen molar-refractivity contribution in [2.75, 3.05) is 23.3 Å². The van der Waals surface area contributed by atoms with Crippen molar-refractivity contribution >= 4 is 45.5 Å². The van der Waals surface area contributed by atoms with Gasteiger partial charge in [0, 0.05) is 58.5 Å². The molecule has 4 aromatic rings. The fraction of sp³-hybridized carbons (Fsp3) is 0.382. The molecule has 1 amide bonds. The maximum atomic E-state index is 13.7. The standard InChI is InChI=1S/C34H37N3O3S/c1-34(2,3)40-33(39)36-27-13-11-23(30-8-7-17-41-30)18-25(27)20-29(38)26-19-24-12-14-28(37-15-5-4-6-16-37)31(22-9-10-22)32(24)35-21-26/h7-8,11-14,17-19,21-22H,4-6,9-10,15-16,20H2,1-3H3,(H,36,39). The lowest BCUT2D eigenvalue weighted by molar-refractivity contribution is 0.0635. The van der Waals surface area contributed by atoms with Crippen molar-refractivity contribution < 1.29 is 14.3 Å². The second-order valence-corrected chi connectivity index (χ2v) is 13.1. The molecular weight excluding hydrogens is 530 g/mol. The molecule has 0 unspecified atom stereocenters. The van der Waals surface area contributed by atoms with Gasteiger partial charge < -0.3 is 9.64 Å². The van der Waals surface area contributed by atoms with E-state index in [0.717, 1.165) is 40.0 Å². The van der Waals surface area contributed by atoms with E-state index in [1.165, 1.54) is 43.4 Å². The Bertz CT molecular complexity index is 1580. The quantitative estimate of drug-likeness (QED) is 0.226. The molecule has 1 saturated carbocycles. The van der Waals surface area contributed by atoms with E-state index in [1.807, 2.05) is 56.5 Å². The molecule has 3 heterocycles. The van der Waals surface area contributed by atoms with Gasteiger partial charge in [0.15, 0.2) is 5.78 Å². The number of ketones is 1. The van der Waals surface area contributed by atoms with Gasteiger partial charge in [-0.25, -0.2) is 4.79 Å². The number of hydrogen-bond donors (Lipinski definition) is 1. The Labute approximate surface area is 245 Å². The number of hydrogen-bond acceptors (Lipinski definition) is 6. The maximum absolute atomic E-state index is 13.7. The summed E-state index contributed by atoms with van der Waals surface area (Å²) in [6.45, 7) is 7.69. The normalized spacial score (nSPS) is 15.6. The lowest BCUT2D eigenvalue weighted by atomic mass is 9.97. The molecule has 2 aliphatic rings. The number of nitrogens with zero attached hydrogens (tertiary/aromatic N) is 2. The van der Waals surface area contributed by atoms with Gasteiger partial charge >= 0.3 is 6.09 Å². The molecule has 1 aliphatic carbocycles. The average Bonchev–Trinajstić information content (AvgIpc) is 3.64. The highest BCUT2D eigenvalue weighted by molar-refractivity contribution is 7.13. The van der Waals surface area contributed by atoms with Crippen LogP contribution in [0.15, 0.2) is 60.1 Å². The molecule has 6 nitrogen and oxygen atoms in total. The first kappa shape index (κ1) is 27.5. The average molecular weight is 568 g/mol. The van der Waals surface area contributed by atoms with E-state index in [2.05, 4.69) is 28.4 Å². The summed E-state index contributed by atoms with van der Waals surface area (Å²) in [5, 5.41) is 5.90. The summed E-state index contributed by atoms with van der Waals surface area (Å²) < 4.78 is 5.48. The molecule has 0 radical (unpaired) electrons. The lowest BCUT2D eigenvalue weighted by Gasteiger charge is -2.31. The van der Waals surface area contributed by atoms with Gasteiger partial charge in [0.1, 0.15) is 5.60 Å². The van der Waals surface area contributed by atoms with E-state index in [1.54, 1.807) is 17.5 Å². The number of piperidine rings is 1. The molecule has 2 aromatic heterocycles. The van der Waals surface area contributed by atoms with Gasteiger partial charge in [0.2, 0.25) is 0 Å². The number of carbonyl (C=O) groups excluding carboxylic acids is 2. The summed E-state index contributed by atoms with van der Waals surface area (Å²) in [5.41, 5.74) is 5.99. The Morgan fingerprint density at radius 2 is 1.85 bits per heavy atom. The summed E-state index contributed by atoms with van der Waals surface area (Å²) in [7, 11) is 0. The second kappa shape index (κ2) is 11.3. The monoisotopic (exact) mass is 567 g/mol. The summed E-state index contributed by atoms with van der Waals surface area (Å²) in [5.74, 6) is 0.522. The van der Waals surface area contributed by atoms with Crippen molar-refractivity contribution in [1.29, 1.82) is 0 Å².